The minimum atomic E-state index is -0.215. The second-order valence-electron chi connectivity index (χ2n) is 5.40. The van der Waals surface area contributed by atoms with E-state index in [1.54, 1.807) is 19.2 Å². The zero-order valence-corrected chi connectivity index (χ0v) is 12.9. The Bertz CT molecular complexity index is 448. The maximum atomic E-state index is 11.4. The van der Waals surface area contributed by atoms with Gasteiger partial charge in [0.05, 0.1) is 0 Å². The molecule has 0 bridgehead atoms. The third-order valence-corrected chi connectivity index (χ3v) is 4.05. The number of hydrogen-bond acceptors (Lipinski definition) is 5. The first-order valence-corrected chi connectivity index (χ1v) is 7.78. The smallest absolute Gasteiger partial charge is 0.271 e. The average molecular weight is 291 g/mol. The molecule has 1 atom stereocenters. The molecule has 1 aromatic heterocycles. The fourth-order valence-corrected chi connectivity index (χ4v) is 2.82. The van der Waals surface area contributed by atoms with Crippen molar-refractivity contribution in [3.05, 3.63) is 17.8 Å². The predicted octanol–water partition coefficient (Wildman–Crippen LogP) is 1.51. The summed E-state index contributed by atoms with van der Waals surface area (Å²) in [5.74, 6) is 0.501. The molecule has 6 heteroatoms. The Labute approximate surface area is 126 Å². The number of carbonyl (C=O) groups is 1. The van der Waals surface area contributed by atoms with E-state index in [4.69, 9.17) is 0 Å². The van der Waals surface area contributed by atoms with Crippen LogP contribution in [0.1, 0.15) is 43.1 Å². The van der Waals surface area contributed by atoms with Gasteiger partial charge in [0.25, 0.3) is 5.91 Å². The lowest BCUT2D eigenvalue weighted by Crippen LogP contribution is -2.41. The summed E-state index contributed by atoms with van der Waals surface area (Å²) in [6.07, 6.45) is 5.20. The van der Waals surface area contributed by atoms with Crippen LogP contribution >= 0.6 is 0 Å². The fraction of sp³-hybridized carbons (Fsp3) is 0.667. The Balaban J connectivity index is 1.79. The zero-order valence-electron chi connectivity index (χ0n) is 12.9. The first-order chi connectivity index (χ1) is 10.2. The van der Waals surface area contributed by atoms with Gasteiger partial charge in [-0.25, -0.2) is 0 Å². The van der Waals surface area contributed by atoms with Crippen LogP contribution in [0.3, 0.4) is 0 Å². The third-order valence-electron chi connectivity index (χ3n) is 4.05. The van der Waals surface area contributed by atoms with Gasteiger partial charge < -0.3 is 10.6 Å². The van der Waals surface area contributed by atoms with Gasteiger partial charge in [-0.2, -0.15) is 0 Å². The van der Waals surface area contributed by atoms with Gasteiger partial charge in [-0.1, -0.05) is 13.3 Å². The number of rotatable bonds is 6. The quantitative estimate of drug-likeness (QED) is 0.831. The van der Waals surface area contributed by atoms with E-state index < -0.39 is 0 Å². The van der Waals surface area contributed by atoms with Crippen LogP contribution < -0.4 is 10.6 Å². The highest BCUT2D eigenvalue weighted by atomic mass is 16.1. The van der Waals surface area contributed by atoms with Gasteiger partial charge in [-0.15, -0.1) is 10.2 Å². The normalized spacial score (nSPS) is 19.2. The number of hydrogen-bond donors (Lipinski definition) is 2. The highest BCUT2D eigenvalue weighted by molar-refractivity contribution is 5.91. The van der Waals surface area contributed by atoms with Crippen molar-refractivity contribution in [3.63, 3.8) is 0 Å². The Kier molecular flexibility index (Phi) is 5.92. The number of carbonyl (C=O) groups excluding carboxylic acids is 1. The molecule has 0 aliphatic carbocycles. The molecule has 2 N–H and O–H groups in total. The standard InChI is InChI=1S/C15H25N5O/c1-3-12-6-4-5-10-20(12)11-9-17-14-8-7-13(18-19-14)15(21)16-2/h7-8,12H,3-6,9-11H2,1-2H3,(H,16,21)(H,17,19). The number of amides is 1. The van der Waals surface area contributed by atoms with Gasteiger partial charge >= 0.3 is 0 Å². The first-order valence-electron chi connectivity index (χ1n) is 7.78. The molecule has 1 fully saturated rings. The van der Waals surface area contributed by atoms with Crippen molar-refractivity contribution in [2.45, 2.75) is 38.6 Å². The number of aromatic nitrogens is 2. The fourth-order valence-electron chi connectivity index (χ4n) is 2.82. The summed E-state index contributed by atoms with van der Waals surface area (Å²) in [6, 6.07) is 4.21. The summed E-state index contributed by atoms with van der Waals surface area (Å²) in [5.41, 5.74) is 0.338. The van der Waals surface area contributed by atoms with E-state index in [-0.39, 0.29) is 5.91 Å². The monoisotopic (exact) mass is 291 g/mol. The molecular weight excluding hydrogens is 266 g/mol. The molecule has 0 spiro atoms. The molecule has 1 saturated heterocycles. The third kappa shape index (κ3) is 4.39. The number of nitrogens with one attached hydrogen (secondary N) is 2. The van der Waals surface area contributed by atoms with Crippen LogP contribution in [0.2, 0.25) is 0 Å². The molecule has 116 valence electrons. The van der Waals surface area contributed by atoms with E-state index >= 15 is 0 Å². The summed E-state index contributed by atoms with van der Waals surface area (Å²) in [7, 11) is 1.58. The van der Waals surface area contributed by atoms with Crippen LogP contribution in [0.15, 0.2) is 12.1 Å². The van der Waals surface area contributed by atoms with Gasteiger partial charge in [0.2, 0.25) is 0 Å². The second-order valence-corrected chi connectivity index (χ2v) is 5.40. The van der Waals surface area contributed by atoms with E-state index in [1.165, 1.54) is 32.2 Å². The molecule has 6 nitrogen and oxygen atoms in total. The maximum Gasteiger partial charge on any atom is 0.271 e. The SMILES string of the molecule is CCC1CCCCN1CCNc1ccc(C(=O)NC)nn1. The van der Waals surface area contributed by atoms with E-state index in [9.17, 15) is 4.79 Å². The first kappa shape index (κ1) is 15.7. The highest BCUT2D eigenvalue weighted by Gasteiger charge is 2.19. The molecule has 1 aliphatic heterocycles. The number of nitrogens with zero attached hydrogens (tertiary/aromatic N) is 3. The Morgan fingerprint density at radius 2 is 2.24 bits per heavy atom. The van der Waals surface area contributed by atoms with Crippen molar-refractivity contribution >= 4 is 11.7 Å². The van der Waals surface area contributed by atoms with Crippen molar-refractivity contribution in [1.82, 2.24) is 20.4 Å². The summed E-state index contributed by atoms with van der Waals surface area (Å²) in [4.78, 5) is 13.9. The lowest BCUT2D eigenvalue weighted by molar-refractivity contribution is 0.0957. The van der Waals surface area contributed by atoms with Gasteiger partial charge in [-0.05, 0) is 37.9 Å². The van der Waals surface area contributed by atoms with E-state index in [0.29, 0.717) is 11.5 Å². The molecule has 0 aromatic carbocycles. The predicted molar refractivity (Wildman–Crippen MR) is 83.4 cm³/mol. The molecule has 1 aromatic rings. The zero-order chi connectivity index (χ0) is 15.1. The summed E-state index contributed by atoms with van der Waals surface area (Å²) in [5, 5.41) is 13.7. The van der Waals surface area contributed by atoms with Crippen molar-refractivity contribution in [2.24, 2.45) is 0 Å². The van der Waals surface area contributed by atoms with Gasteiger partial charge in [0, 0.05) is 26.2 Å². The van der Waals surface area contributed by atoms with Crippen molar-refractivity contribution in [2.75, 3.05) is 32.0 Å². The van der Waals surface area contributed by atoms with Gasteiger partial charge in [0.15, 0.2) is 5.69 Å². The van der Waals surface area contributed by atoms with Crippen LogP contribution in [0.25, 0.3) is 0 Å². The average Bonchev–Trinajstić information content (AvgIpc) is 2.55. The Hall–Kier alpha value is -1.69. The van der Waals surface area contributed by atoms with E-state index in [2.05, 4.69) is 32.7 Å². The Morgan fingerprint density at radius 3 is 2.90 bits per heavy atom. The molecule has 2 rings (SSSR count). The minimum Gasteiger partial charge on any atom is -0.367 e. The molecule has 0 saturated carbocycles. The van der Waals surface area contributed by atoms with Gasteiger partial charge in [0.1, 0.15) is 5.82 Å². The molecule has 1 unspecified atom stereocenters. The number of piperidine rings is 1. The van der Waals surface area contributed by atoms with Crippen LogP contribution in [-0.2, 0) is 0 Å². The molecule has 1 aliphatic rings. The summed E-state index contributed by atoms with van der Waals surface area (Å²) in [6.45, 7) is 5.34. The van der Waals surface area contributed by atoms with Crippen molar-refractivity contribution < 1.29 is 4.79 Å². The molecule has 21 heavy (non-hydrogen) atoms. The van der Waals surface area contributed by atoms with Crippen LogP contribution in [-0.4, -0.2) is 53.7 Å². The van der Waals surface area contributed by atoms with Crippen molar-refractivity contribution in [1.29, 1.82) is 0 Å². The van der Waals surface area contributed by atoms with Crippen LogP contribution in [0.5, 0.6) is 0 Å². The van der Waals surface area contributed by atoms with E-state index in [0.717, 1.165) is 19.1 Å². The molecule has 0 radical (unpaired) electrons. The molecule has 1 amide bonds. The number of likely N-dealkylation sites (tertiary alicyclic amines) is 1. The lowest BCUT2D eigenvalue weighted by Gasteiger charge is -2.35. The topological polar surface area (TPSA) is 70.2 Å². The summed E-state index contributed by atoms with van der Waals surface area (Å²) >= 11 is 0. The lowest BCUT2D eigenvalue weighted by atomic mass is 10.0. The van der Waals surface area contributed by atoms with Gasteiger partial charge in [-0.3, -0.25) is 9.69 Å². The van der Waals surface area contributed by atoms with Crippen molar-refractivity contribution in [3.8, 4) is 0 Å². The summed E-state index contributed by atoms with van der Waals surface area (Å²) < 4.78 is 0. The van der Waals surface area contributed by atoms with E-state index in [1.807, 2.05) is 0 Å². The molecular formula is C15H25N5O. The largest absolute Gasteiger partial charge is 0.367 e. The van der Waals surface area contributed by atoms with Crippen LogP contribution in [0.4, 0.5) is 5.82 Å². The Morgan fingerprint density at radius 1 is 1.38 bits per heavy atom. The number of anilines is 1. The minimum absolute atomic E-state index is 0.215. The highest BCUT2D eigenvalue weighted by Crippen LogP contribution is 2.18. The van der Waals surface area contributed by atoms with Crippen LogP contribution in [0, 0.1) is 0 Å². The molecule has 2 heterocycles. The second kappa shape index (κ2) is 7.93. The maximum absolute atomic E-state index is 11.4.